The second-order valence-electron chi connectivity index (χ2n) is 10.0. The van der Waals surface area contributed by atoms with Crippen LogP contribution in [0.3, 0.4) is 0 Å². The Kier molecular flexibility index (Phi) is 6.70. The van der Waals surface area contributed by atoms with Crippen LogP contribution in [-0.2, 0) is 11.2 Å². The largest absolute Gasteiger partial charge is 0.488 e. The van der Waals surface area contributed by atoms with E-state index < -0.39 is 5.60 Å². The number of nitrogens with zero attached hydrogens (tertiary/aromatic N) is 2. The summed E-state index contributed by atoms with van der Waals surface area (Å²) in [5.74, 6) is 1.34. The summed E-state index contributed by atoms with van der Waals surface area (Å²) in [6, 6.07) is 10.8. The molecule has 0 saturated carbocycles. The van der Waals surface area contributed by atoms with E-state index in [4.69, 9.17) is 9.47 Å². The molecule has 0 radical (unpaired) electrons. The van der Waals surface area contributed by atoms with Crippen molar-refractivity contribution in [2.45, 2.75) is 75.7 Å². The molecule has 1 unspecified atom stereocenters. The van der Waals surface area contributed by atoms with Crippen LogP contribution in [-0.4, -0.2) is 46.0 Å². The lowest BCUT2D eigenvalue weighted by Crippen LogP contribution is -2.44. The predicted octanol–water partition coefficient (Wildman–Crippen LogP) is 6.20. The van der Waals surface area contributed by atoms with Crippen molar-refractivity contribution in [1.29, 1.82) is 0 Å². The maximum atomic E-state index is 12.3. The van der Waals surface area contributed by atoms with Crippen LogP contribution >= 0.6 is 11.8 Å². The van der Waals surface area contributed by atoms with Crippen LogP contribution in [0, 0.1) is 5.92 Å². The number of amides is 1. The third-order valence-corrected chi connectivity index (χ3v) is 6.90. The summed E-state index contributed by atoms with van der Waals surface area (Å²) in [7, 11) is 0. The second kappa shape index (κ2) is 9.34. The monoisotopic (exact) mass is 454 g/mol. The van der Waals surface area contributed by atoms with E-state index in [1.165, 1.54) is 10.5 Å². The highest BCUT2D eigenvalue weighted by Gasteiger charge is 2.35. The first-order valence-electron chi connectivity index (χ1n) is 11.6. The van der Waals surface area contributed by atoms with Crippen molar-refractivity contribution in [2.24, 2.45) is 5.92 Å². The Bertz CT molecular complexity index is 945. The highest BCUT2D eigenvalue weighted by molar-refractivity contribution is 7.99. The van der Waals surface area contributed by atoms with Crippen LogP contribution < -0.4 is 4.74 Å². The van der Waals surface area contributed by atoms with E-state index in [-0.39, 0.29) is 12.2 Å². The van der Waals surface area contributed by atoms with E-state index in [0.29, 0.717) is 11.2 Å². The highest BCUT2D eigenvalue weighted by Crippen LogP contribution is 2.37. The molecule has 32 heavy (non-hydrogen) atoms. The standard InChI is InChI=1S/C26H34N2O3S/c1-17(2)32-21-8-6-18(7-9-21)22-14-20-15-23(30-24(20)16-27-22)19-10-12-28(13-11-19)25(29)31-26(3,4)5/h6-9,14,16-17,19,23H,10-13,15H2,1-5H3. The van der Waals surface area contributed by atoms with Gasteiger partial charge in [0.15, 0.2) is 0 Å². The smallest absolute Gasteiger partial charge is 0.410 e. The number of thioether (sulfide) groups is 1. The van der Waals surface area contributed by atoms with Gasteiger partial charge >= 0.3 is 6.09 Å². The highest BCUT2D eigenvalue weighted by atomic mass is 32.2. The van der Waals surface area contributed by atoms with E-state index >= 15 is 0 Å². The van der Waals surface area contributed by atoms with E-state index in [9.17, 15) is 4.79 Å². The van der Waals surface area contributed by atoms with Crippen LogP contribution in [0.2, 0.25) is 0 Å². The van der Waals surface area contributed by atoms with Crippen molar-refractivity contribution in [1.82, 2.24) is 9.88 Å². The van der Waals surface area contributed by atoms with E-state index in [1.807, 2.05) is 43.6 Å². The fourth-order valence-corrected chi connectivity index (χ4v) is 5.19. The summed E-state index contributed by atoms with van der Waals surface area (Å²) in [5.41, 5.74) is 2.90. The lowest BCUT2D eigenvalue weighted by Gasteiger charge is -2.35. The quantitative estimate of drug-likeness (QED) is 0.515. The molecule has 3 heterocycles. The first-order chi connectivity index (χ1) is 15.2. The molecule has 4 rings (SSSR count). The lowest BCUT2D eigenvalue weighted by molar-refractivity contribution is 0.0123. The summed E-state index contributed by atoms with van der Waals surface area (Å²) in [6.45, 7) is 11.6. The molecule has 6 heteroatoms. The maximum Gasteiger partial charge on any atom is 0.410 e. The summed E-state index contributed by atoms with van der Waals surface area (Å²) in [6.07, 6.45) is 4.60. The molecule has 0 N–H and O–H groups in total. The molecule has 0 aliphatic carbocycles. The Hall–Kier alpha value is -2.21. The molecule has 1 aromatic carbocycles. The average molecular weight is 455 g/mol. The first-order valence-corrected chi connectivity index (χ1v) is 12.5. The number of carbonyl (C=O) groups excluding carboxylic acids is 1. The van der Waals surface area contributed by atoms with Crippen molar-refractivity contribution < 1.29 is 14.3 Å². The zero-order chi connectivity index (χ0) is 22.9. The Morgan fingerprint density at radius 3 is 2.50 bits per heavy atom. The number of aromatic nitrogens is 1. The van der Waals surface area contributed by atoms with Crippen molar-refractivity contribution in [3.8, 4) is 17.0 Å². The van der Waals surface area contributed by atoms with Crippen LogP contribution in [0.4, 0.5) is 4.79 Å². The number of hydrogen-bond acceptors (Lipinski definition) is 5. The minimum atomic E-state index is -0.456. The van der Waals surface area contributed by atoms with Gasteiger partial charge in [0, 0.05) is 40.8 Å². The minimum absolute atomic E-state index is 0.160. The van der Waals surface area contributed by atoms with Gasteiger partial charge in [0.05, 0.1) is 11.9 Å². The molecule has 172 valence electrons. The van der Waals surface area contributed by atoms with E-state index in [0.717, 1.165) is 49.4 Å². The third-order valence-electron chi connectivity index (χ3n) is 5.89. The van der Waals surface area contributed by atoms with Gasteiger partial charge in [-0.25, -0.2) is 4.79 Å². The van der Waals surface area contributed by atoms with Gasteiger partial charge in [-0.15, -0.1) is 11.8 Å². The number of likely N-dealkylation sites (tertiary alicyclic amines) is 1. The van der Waals surface area contributed by atoms with Crippen molar-refractivity contribution >= 4 is 17.9 Å². The average Bonchev–Trinajstić information content (AvgIpc) is 3.16. The summed E-state index contributed by atoms with van der Waals surface area (Å²) < 4.78 is 11.8. The number of fused-ring (bicyclic) bond motifs is 1. The minimum Gasteiger partial charge on any atom is -0.488 e. The number of benzene rings is 1. The number of pyridine rings is 1. The van der Waals surface area contributed by atoms with Crippen molar-refractivity contribution in [3.63, 3.8) is 0 Å². The number of piperidine rings is 1. The molecular weight excluding hydrogens is 420 g/mol. The van der Waals surface area contributed by atoms with Crippen molar-refractivity contribution in [2.75, 3.05) is 13.1 Å². The molecule has 2 aliphatic rings. The zero-order valence-electron chi connectivity index (χ0n) is 19.8. The Labute approximate surface area is 195 Å². The number of rotatable bonds is 4. The normalized spacial score (nSPS) is 19.1. The van der Waals surface area contributed by atoms with Gasteiger partial charge in [-0.1, -0.05) is 26.0 Å². The molecule has 1 atom stereocenters. The van der Waals surface area contributed by atoms with Gasteiger partial charge in [-0.2, -0.15) is 0 Å². The zero-order valence-corrected chi connectivity index (χ0v) is 20.6. The van der Waals surface area contributed by atoms with E-state index in [2.05, 4.69) is 49.2 Å². The van der Waals surface area contributed by atoms with E-state index in [1.54, 1.807) is 0 Å². The fourth-order valence-electron chi connectivity index (χ4n) is 4.35. The second-order valence-corrected chi connectivity index (χ2v) is 11.7. The number of carbonyl (C=O) groups is 1. The molecule has 2 aliphatic heterocycles. The fraction of sp³-hybridized carbons (Fsp3) is 0.538. The van der Waals surface area contributed by atoms with Crippen LogP contribution in [0.1, 0.15) is 53.0 Å². The Morgan fingerprint density at radius 2 is 1.88 bits per heavy atom. The van der Waals surface area contributed by atoms with Gasteiger partial charge < -0.3 is 14.4 Å². The van der Waals surface area contributed by atoms with Gasteiger partial charge in [-0.05, 0) is 57.7 Å². The molecule has 0 spiro atoms. The predicted molar refractivity (Wildman–Crippen MR) is 129 cm³/mol. The van der Waals surface area contributed by atoms with Gasteiger partial charge in [0.1, 0.15) is 17.5 Å². The molecule has 1 amide bonds. The Morgan fingerprint density at radius 1 is 1.19 bits per heavy atom. The SMILES string of the molecule is CC(C)Sc1ccc(-c2cc3c(cn2)OC(C2CCN(C(=O)OC(C)(C)C)CC2)C3)cc1. The third kappa shape index (κ3) is 5.58. The number of ether oxygens (including phenoxy) is 2. The van der Waals surface area contributed by atoms with Crippen LogP contribution in [0.15, 0.2) is 41.4 Å². The first kappa shape index (κ1) is 23.0. The van der Waals surface area contributed by atoms with Gasteiger partial charge in [-0.3, -0.25) is 4.98 Å². The van der Waals surface area contributed by atoms with Crippen LogP contribution in [0.5, 0.6) is 5.75 Å². The maximum absolute atomic E-state index is 12.3. The summed E-state index contributed by atoms with van der Waals surface area (Å²) >= 11 is 1.87. The molecule has 1 saturated heterocycles. The van der Waals surface area contributed by atoms with Crippen molar-refractivity contribution in [3.05, 3.63) is 42.1 Å². The molecular formula is C26H34N2O3S. The van der Waals surface area contributed by atoms with Gasteiger partial charge in [0.2, 0.25) is 0 Å². The summed E-state index contributed by atoms with van der Waals surface area (Å²) in [4.78, 5) is 20.1. The summed E-state index contributed by atoms with van der Waals surface area (Å²) in [5, 5.41) is 0.573. The lowest BCUT2D eigenvalue weighted by atomic mass is 9.89. The van der Waals surface area contributed by atoms with Crippen LogP contribution in [0.25, 0.3) is 11.3 Å². The molecule has 5 nitrogen and oxygen atoms in total. The Balaban J connectivity index is 1.35. The topological polar surface area (TPSA) is 51.7 Å². The molecule has 1 aromatic heterocycles. The number of hydrogen-bond donors (Lipinski definition) is 0. The molecule has 0 bridgehead atoms. The molecule has 2 aromatic rings. The van der Waals surface area contributed by atoms with Gasteiger partial charge in [0.25, 0.3) is 0 Å². The molecule has 1 fully saturated rings.